The third kappa shape index (κ3) is 4.62. The summed E-state index contributed by atoms with van der Waals surface area (Å²) in [7, 11) is 0. The largest absolute Gasteiger partial charge is 0.573 e. The Morgan fingerprint density at radius 1 is 0.870 bits per heavy atom. The molecule has 2 nitrogen and oxygen atoms in total. The molecule has 124 valence electrons. The number of aliphatic hydroxyl groups is 1. The van der Waals surface area contributed by atoms with Gasteiger partial charge in [-0.15, -0.1) is 13.2 Å². The topological polar surface area (TPSA) is 29.5 Å². The maximum atomic E-state index is 12.8. The molecule has 0 saturated carbocycles. The summed E-state index contributed by atoms with van der Waals surface area (Å²) in [6, 6.07) is 7.43. The molecule has 0 amide bonds. The van der Waals surface area contributed by atoms with E-state index < -0.39 is 30.5 Å². The van der Waals surface area contributed by atoms with Crippen molar-refractivity contribution < 1.29 is 36.2 Å². The molecule has 0 saturated heterocycles. The van der Waals surface area contributed by atoms with Gasteiger partial charge in [0.15, 0.2) is 0 Å². The van der Waals surface area contributed by atoms with E-state index in [4.69, 9.17) is 5.11 Å². The van der Waals surface area contributed by atoms with Crippen molar-refractivity contribution in [3.63, 3.8) is 0 Å². The van der Waals surface area contributed by atoms with Gasteiger partial charge in [-0.1, -0.05) is 12.1 Å². The number of hydrogen-bond acceptors (Lipinski definition) is 2. The maximum absolute atomic E-state index is 12.8. The Balaban J connectivity index is 2.47. The number of rotatable bonds is 3. The molecule has 1 N–H and O–H groups in total. The molecule has 0 spiro atoms. The van der Waals surface area contributed by atoms with Gasteiger partial charge in [-0.3, -0.25) is 0 Å². The summed E-state index contributed by atoms with van der Waals surface area (Å²) in [4.78, 5) is 0. The lowest BCUT2D eigenvalue weighted by Gasteiger charge is -2.13. The van der Waals surface area contributed by atoms with E-state index in [2.05, 4.69) is 4.74 Å². The van der Waals surface area contributed by atoms with Gasteiger partial charge < -0.3 is 9.84 Å². The highest BCUT2D eigenvalue weighted by atomic mass is 19.4. The van der Waals surface area contributed by atoms with Gasteiger partial charge in [-0.25, -0.2) is 0 Å². The van der Waals surface area contributed by atoms with Crippen LogP contribution in [0.2, 0.25) is 0 Å². The van der Waals surface area contributed by atoms with E-state index >= 15 is 0 Å². The highest BCUT2D eigenvalue weighted by Crippen LogP contribution is 2.35. The smallest absolute Gasteiger partial charge is 0.406 e. The predicted molar refractivity (Wildman–Crippen MR) is 69.5 cm³/mol. The molecule has 0 unspecified atom stereocenters. The van der Waals surface area contributed by atoms with E-state index in [1.807, 2.05) is 0 Å². The Morgan fingerprint density at radius 3 is 2.13 bits per heavy atom. The van der Waals surface area contributed by atoms with E-state index in [-0.39, 0.29) is 16.7 Å². The molecule has 2 aromatic rings. The monoisotopic (exact) mass is 336 g/mol. The zero-order chi connectivity index (χ0) is 17.3. The number of hydrogen-bond donors (Lipinski definition) is 1. The molecule has 0 fully saturated rings. The average Bonchev–Trinajstić information content (AvgIpc) is 2.44. The third-order valence-electron chi connectivity index (χ3n) is 2.90. The highest BCUT2D eigenvalue weighted by molar-refractivity contribution is 5.67. The molecule has 2 aromatic carbocycles. The molecular formula is C15H10F6O2. The molecule has 0 aliphatic rings. The van der Waals surface area contributed by atoms with E-state index in [0.29, 0.717) is 0 Å². The summed E-state index contributed by atoms with van der Waals surface area (Å²) >= 11 is 0. The first kappa shape index (κ1) is 17.1. The van der Waals surface area contributed by atoms with Crippen molar-refractivity contribution in [2.45, 2.75) is 19.1 Å². The maximum Gasteiger partial charge on any atom is 0.573 e. The van der Waals surface area contributed by atoms with Crippen LogP contribution in [-0.2, 0) is 12.8 Å². The van der Waals surface area contributed by atoms with Crippen molar-refractivity contribution >= 4 is 0 Å². The van der Waals surface area contributed by atoms with E-state index in [9.17, 15) is 26.3 Å². The molecule has 8 heteroatoms. The van der Waals surface area contributed by atoms with Crippen LogP contribution in [0.15, 0.2) is 42.5 Å². The van der Waals surface area contributed by atoms with Crippen molar-refractivity contribution in [1.29, 1.82) is 0 Å². The Morgan fingerprint density at radius 2 is 1.57 bits per heavy atom. The molecule has 0 heterocycles. The van der Waals surface area contributed by atoms with Gasteiger partial charge in [-0.2, -0.15) is 13.2 Å². The van der Waals surface area contributed by atoms with Gasteiger partial charge >= 0.3 is 12.5 Å². The van der Waals surface area contributed by atoms with Crippen LogP contribution in [0.5, 0.6) is 5.75 Å². The second-order valence-corrected chi connectivity index (χ2v) is 4.65. The summed E-state index contributed by atoms with van der Waals surface area (Å²) in [6.07, 6.45) is -9.54. The first-order valence-corrected chi connectivity index (χ1v) is 6.27. The van der Waals surface area contributed by atoms with Crippen molar-refractivity contribution in [2.24, 2.45) is 0 Å². The molecule has 0 aromatic heterocycles. The molecule has 2 rings (SSSR count). The Bertz CT molecular complexity index is 691. The van der Waals surface area contributed by atoms with Crippen LogP contribution in [0.1, 0.15) is 11.1 Å². The minimum Gasteiger partial charge on any atom is -0.406 e. The summed E-state index contributed by atoms with van der Waals surface area (Å²) in [5.41, 5.74) is -0.873. The van der Waals surface area contributed by atoms with Crippen LogP contribution in [0, 0.1) is 0 Å². The zero-order valence-electron chi connectivity index (χ0n) is 11.4. The van der Waals surface area contributed by atoms with Crippen LogP contribution in [0.25, 0.3) is 11.1 Å². The molecule has 0 radical (unpaired) electrons. The quantitative estimate of drug-likeness (QED) is 0.819. The van der Waals surface area contributed by atoms with Gasteiger partial charge in [0.1, 0.15) is 5.75 Å². The van der Waals surface area contributed by atoms with Crippen molar-refractivity contribution in [3.05, 3.63) is 53.6 Å². The number of halogens is 6. The highest BCUT2D eigenvalue weighted by Gasteiger charge is 2.32. The summed E-state index contributed by atoms with van der Waals surface area (Å²) in [5, 5.41) is 9.07. The first-order chi connectivity index (χ1) is 10.6. The second kappa shape index (κ2) is 6.11. The lowest BCUT2D eigenvalue weighted by molar-refractivity contribution is -0.274. The fraction of sp³-hybridized carbons (Fsp3) is 0.200. The van der Waals surface area contributed by atoms with E-state index in [1.54, 1.807) is 0 Å². The minimum absolute atomic E-state index is 0.00281. The van der Waals surface area contributed by atoms with Crippen LogP contribution in [-0.4, -0.2) is 11.5 Å². The van der Waals surface area contributed by atoms with Crippen LogP contribution in [0.3, 0.4) is 0 Å². The lowest BCUT2D eigenvalue weighted by atomic mass is 9.99. The van der Waals surface area contributed by atoms with Crippen molar-refractivity contribution in [1.82, 2.24) is 0 Å². The van der Waals surface area contributed by atoms with Gasteiger partial charge in [0.25, 0.3) is 0 Å². The average molecular weight is 336 g/mol. The van der Waals surface area contributed by atoms with Crippen LogP contribution in [0.4, 0.5) is 26.3 Å². The third-order valence-corrected chi connectivity index (χ3v) is 2.90. The SMILES string of the molecule is OCc1cc(-c2cccc(OC(F)(F)F)c2)cc(C(F)(F)F)c1. The van der Waals surface area contributed by atoms with Gasteiger partial charge in [0.05, 0.1) is 12.2 Å². The zero-order valence-corrected chi connectivity index (χ0v) is 11.4. The van der Waals surface area contributed by atoms with Crippen molar-refractivity contribution in [2.75, 3.05) is 0 Å². The Kier molecular flexibility index (Phi) is 4.56. The van der Waals surface area contributed by atoms with Crippen molar-refractivity contribution in [3.8, 4) is 16.9 Å². The Labute approximate surface area is 126 Å². The van der Waals surface area contributed by atoms with Gasteiger partial charge in [-0.05, 0) is 47.0 Å². The first-order valence-electron chi connectivity index (χ1n) is 6.27. The van der Waals surface area contributed by atoms with Gasteiger partial charge in [0, 0.05) is 0 Å². The standard InChI is InChI=1S/C15H10F6O2/c16-14(17,18)12-5-9(8-22)4-11(6-12)10-2-1-3-13(7-10)23-15(19,20)21/h1-7,22H,8H2. The number of benzene rings is 2. The summed E-state index contributed by atoms with van der Waals surface area (Å²) < 4.78 is 78.9. The fourth-order valence-electron chi connectivity index (χ4n) is 1.99. The fourth-order valence-corrected chi connectivity index (χ4v) is 1.99. The minimum atomic E-state index is -4.90. The summed E-state index contributed by atoms with van der Waals surface area (Å²) in [5.74, 6) is -0.544. The molecule has 0 aliphatic heterocycles. The molecule has 0 aliphatic carbocycles. The molecule has 0 bridgehead atoms. The number of aliphatic hydroxyl groups excluding tert-OH is 1. The second-order valence-electron chi connectivity index (χ2n) is 4.65. The number of ether oxygens (including phenoxy) is 1. The van der Waals surface area contributed by atoms with Crippen LogP contribution < -0.4 is 4.74 Å². The molecule has 0 atom stereocenters. The molecule has 23 heavy (non-hydrogen) atoms. The summed E-state index contributed by atoms with van der Waals surface area (Å²) in [6.45, 7) is -0.629. The normalized spacial score (nSPS) is 12.3. The lowest BCUT2D eigenvalue weighted by Crippen LogP contribution is -2.17. The predicted octanol–water partition coefficient (Wildman–Crippen LogP) is 4.76. The molecular weight excluding hydrogens is 326 g/mol. The van der Waals surface area contributed by atoms with Gasteiger partial charge in [0.2, 0.25) is 0 Å². The van der Waals surface area contributed by atoms with E-state index in [1.165, 1.54) is 18.2 Å². The van der Waals surface area contributed by atoms with Crippen LogP contribution >= 0.6 is 0 Å². The Hall–Kier alpha value is -2.22. The number of alkyl halides is 6. The van der Waals surface area contributed by atoms with E-state index in [0.717, 1.165) is 24.3 Å².